The molecule has 0 aromatic rings. The van der Waals surface area contributed by atoms with Gasteiger partial charge in [-0.15, -0.1) is 11.6 Å². The van der Waals surface area contributed by atoms with Crippen molar-refractivity contribution in [1.82, 2.24) is 4.90 Å². The third-order valence-electron chi connectivity index (χ3n) is 2.48. The zero-order chi connectivity index (χ0) is 13.8. The predicted molar refractivity (Wildman–Crippen MR) is 65.6 cm³/mol. The molecule has 6 heteroatoms. The topological polar surface area (TPSA) is 66.8 Å². The lowest BCUT2D eigenvalue weighted by Crippen LogP contribution is -2.58. The Morgan fingerprint density at radius 1 is 1.41 bits per heavy atom. The molecule has 0 fully saturated rings. The van der Waals surface area contributed by atoms with Crippen LogP contribution in [0.15, 0.2) is 0 Å². The standard InChI is InChI=1S/C11H20ClNO4/c1-7(17-5)9(8(14)6-12)13(10(15)16)11(2,3)4/h7,9H,6H2,1-5H3,(H,15,16). The van der Waals surface area contributed by atoms with Crippen molar-refractivity contribution in [3.05, 3.63) is 0 Å². The molecule has 1 N–H and O–H groups in total. The molecule has 100 valence electrons. The van der Waals surface area contributed by atoms with Crippen LogP contribution in [0.25, 0.3) is 0 Å². The van der Waals surface area contributed by atoms with Crippen LogP contribution in [0.1, 0.15) is 27.7 Å². The maximum Gasteiger partial charge on any atom is 0.408 e. The van der Waals surface area contributed by atoms with Crippen LogP contribution in [0.5, 0.6) is 0 Å². The second-order valence-electron chi connectivity index (χ2n) is 4.81. The molecule has 0 rings (SSSR count). The lowest BCUT2D eigenvalue weighted by atomic mass is 9.98. The van der Waals surface area contributed by atoms with Crippen LogP contribution < -0.4 is 0 Å². The Labute approximate surface area is 107 Å². The molecule has 2 atom stereocenters. The monoisotopic (exact) mass is 265 g/mol. The Kier molecular flexibility index (Phi) is 5.92. The normalized spacial score (nSPS) is 15.2. The largest absolute Gasteiger partial charge is 0.465 e. The van der Waals surface area contributed by atoms with E-state index in [4.69, 9.17) is 16.3 Å². The molecule has 0 saturated heterocycles. The Hall–Kier alpha value is -0.810. The highest BCUT2D eigenvalue weighted by Gasteiger charge is 2.40. The van der Waals surface area contributed by atoms with Crippen molar-refractivity contribution in [2.45, 2.75) is 45.4 Å². The molecule has 0 aromatic carbocycles. The number of methoxy groups -OCH3 is 1. The number of ether oxygens (including phenoxy) is 1. The number of ketones is 1. The molecule has 2 unspecified atom stereocenters. The Morgan fingerprint density at radius 3 is 2.12 bits per heavy atom. The van der Waals surface area contributed by atoms with Gasteiger partial charge in [-0.05, 0) is 27.7 Å². The summed E-state index contributed by atoms with van der Waals surface area (Å²) in [4.78, 5) is 24.2. The lowest BCUT2D eigenvalue weighted by Gasteiger charge is -2.40. The molecule has 0 aliphatic rings. The summed E-state index contributed by atoms with van der Waals surface area (Å²) in [6, 6.07) is -0.894. The van der Waals surface area contributed by atoms with Crippen LogP contribution in [-0.4, -0.2) is 52.6 Å². The smallest absolute Gasteiger partial charge is 0.408 e. The molecular weight excluding hydrogens is 246 g/mol. The van der Waals surface area contributed by atoms with Crippen molar-refractivity contribution in [3.8, 4) is 0 Å². The molecule has 17 heavy (non-hydrogen) atoms. The van der Waals surface area contributed by atoms with Crippen LogP contribution in [0, 0.1) is 0 Å². The minimum Gasteiger partial charge on any atom is -0.465 e. The van der Waals surface area contributed by atoms with E-state index in [0.717, 1.165) is 4.90 Å². The predicted octanol–water partition coefficient (Wildman–Crippen LogP) is 1.98. The summed E-state index contributed by atoms with van der Waals surface area (Å²) in [5.74, 6) is -0.601. The number of Topliss-reactive ketones (excluding diaryl/α,β-unsaturated/α-hetero) is 1. The average Bonchev–Trinajstić information content (AvgIpc) is 2.21. The van der Waals surface area contributed by atoms with Gasteiger partial charge in [0.25, 0.3) is 0 Å². The van der Waals surface area contributed by atoms with Gasteiger partial charge in [0.05, 0.1) is 12.0 Å². The first-order valence-electron chi connectivity index (χ1n) is 5.30. The molecule has 0 aliphatic heterocycles. The van der Waals surface area contributed by atoms with Gasteiger partial charge >= 0.3 is 6.09 Å². The number of carbonyl (C=O) groups is 2. The fourth-order valence-corrected chi connectivity index (χ4v) is 1.80. The van der Waals surface area contributed by atoms with Gasteiger partial charge < -0.3 is 9.84 Å². The van der Waals surface area contributed by atoms with Crippen molar-refractivity contribution in [1.29, 1.82) is 0 Å². The van der Waals surface area contributed by atoms with E-state index in [1.165, 1.54) is 7.11 Å². The van der Waals surface area contributed by atoms with Gasteiger partial charge in [-0.1, -0.05) is 0 Å². The second-order valence-corrected chi connectivity index (χ2v) is 5.08. The number of nitrogens with zero attached hydrogens (tertiary/aromatic N) is 1. The fourth-order valence-electron chi connectivity index (χ4n) is 1.65. The molecule has 0 radical (unpaired) electrons. The molecule has 0 heterocycles. The zero-order valence-electron chi connectivity index (χ0n) is 10.9. The highest BCUT2D eigenvalue weighted by Crippen LogP contribution is 2.21. The molecule has 1 amide bonds. The summed E-state index contributed by atoms with van der Waals surface area (Å²) < 4.78 is 5.08. The number of carbonyl (C=O) groups excluding carboxylic acids is 1. The van der Waals surface area contributed by atoms with Crippen molar-refractivity contribution >= 4 is 23.5 Å². The summed E-state index contributed by atoms with van der Waals surface area (Å²) in [6.07, 6.45) is -1.71. The third kappa shape index (κ3) is 4.16. The number of hydrogen-bond donors (Lipinski definition) is 1. The molecule has 0 spiro atoms. The van der Waals surface area contributed by atoms with Gasteiger partial charge in [0.1, 0.15) is 6.04 Å². The lowest BCUT2D eigenvalue weighted by molar-refractivity contribution is -0.128. The van der Waals surface area contributed by atoms with Gasteiger partial charge in [0.15, 0.2) is 5.78 Å². The van der Waals surface area contributed by atoms with Crippen LogP contribution in [0.4, 0.5) is 4.79 Å². The molecule has 0 aromatic heterocycles. The number of rotatable bonds is 5. The zero-order valence-corrected chi connectivity index (χ0v) is 11.6. The van der Waals surface area contributed by atoms with Crippen LogP contribution in [-0.2, 0) is 9.53 Å². The Morgan fingerprint density at radius 2 is 1.88 bits per heavy atom. The Bertz CT molecular complexity index is 288. The summed E-state index contributed by atoms with van der Waals surface area (Å²) in [5, 5.41) is 9.24. The second kappa shape index (κ2) is 6.21. The van der Waals surface area contributed by atoms with E-state index in [-0.39, 0.29) is 11.7 Å². The van der Waals surface area contributed by atoms with Gasteiger partial charge in [0, 0.05) is 12.6 Å². The quantitative estimate of drug-likeness (QED) is 0.772. The van der Waals surface area contributed by atoms with Crippen molar-refractivity contribution < 1.29 is 19.4 Å². The van der Waals surface area contributed by atoms with Crippen LogP contribution in [0.3, 0.4) is 0 Å². The van der Waals surface area contributed by atoms with E-state index in [1.54, 1.807) is 27.7 Å². The van der Waals surface area contributed by atoms with Gasteiger partial charge in [-0.2, -0.15) is 0 Å². The van der Waals surface area contributed by atoms with Crippen molar-refractivity contribution in [2.75, 3.05) is 13.0 Å². The Balaban J connectivity index is 5.38. The molecule has 0 aliphatic carbocycles. The first-order valence-corrected chi connectivity index (χ1v) is 5.84. The van der Waals surface area contributed by atoms with E-state index < -0.39 is 23.8 Å². The molecular formula is C11H20ClNO4. The highest BCUT2D eigenvalue weighted by atomic mass is 35.5. The van der Waals surface area contributed by atoms with Crippen molar-refractivity contribution in [3.63, 3.8) is 0 Å². The molecule has 5 nitrogen and oxygen atoms in total. The highest BCUT2D eigenvalue weighted by molar-refractivity contribution is 6.28. The van der Waals surface area contributed by atoms with E-state index >= 15 is 0 Å². The van der Waals surface area contributed by atoms with Gasteiger partial charge in [0.2, 0.25) is 0 Å². The minimum absolute atomic E-state index is 0.238. The summed E-state index contributed by atoms with van der Waals surface area (Å²) in [6.45, 7) is 6.81. The average molecular weight is 266 g/mol. The van der Waals surface area contributed by atoms with Crippen LogP contribution >= 0.6 is 11.6 Å². The summed E-state index contributed by atoms with van der Waals surface area (Å²) in [7, 11) is 1.43. The summed E-state index contributed by atoms with van der Waals surface area (Å²) in [5.41, 5.74) is -0.703. The number of hydrogen-bond acceptors (Lipinski definition) is 3. The van der Waals surface area contributed by atoms with Gasteiger partial charge in [-0.3, -0.25) is 9.69 Å². The first kappa shape index (κ1) is 16.2. The van der Waals surface area contributed by atoms with E-state index in [0.29, 0.717) is 0 Å². The van der Waals surface area contributed by atoms with E-state index in [2.05, 4.69) is 0 Å². The maximum atomic E-state index is 11.8. The number of amides is 1. The molecule has 0 saturated carbocycles. The summed E-state index contributed by atoms with van der Waals surface area (Å²) >= 11 is 5.52. The third-order valence-corrected chi connectivity index (χ3v) is 2.75. The first-order chi connectivity index (χ1) is 7.66. The van der Waals surface area contributed by atoms with Crippen molar-refractivity contribution in [2.24, 2.45) is 0 Å². The SMILES string of the molecule is COC(C)C(C(=O)CCl)N(C(=O)O)C(C)(C)C. The van der Waals surface area contributed by atoms with Crippen LogP contribution in [0.2, 0.25) is 0 Å². The van der Waals surface area contributed by atoms with E-state index in [9.17, 15) is 14.7 Å². The minimum atomic E-state index is -1.16. The molecule has 0 bridgehead atoms. The number of alkyl halides is 1. The maximum absolute atomic E-state index is 11.8. The van der Waals surface area contributed by atoms with E-state index in [1.807, 2.05) is 0 Å². The fraction of sp³-hybridized carbons (Fsp3) is 0.818. The van der Waals surface area contributed by atoms with Gasteiger partial charge in [-0.25, -0.2) is 4.79 Å². The number of carboxylic acid groups (broad SMARTS) is 1. The number of halogens is 1.